The van der Waals surface area contributed by atoms with Gasteiger partial charge in [0.2, 0.25) is 5.88 Å². The van der Waals surface area contributed by atoms with Gasteiger partial charge in [0.05, 0.1) is 13.3 Å². The van der Waals surface area contributed by atoms with Crippen LogP contribution in [-0.4, -0.2) is 21.9 Å². The maximum Gasteiger partial charge on any atom is 0.217 e. The Morgan fingerprint density at radius 2 is 2.29 bits per heavy atom. The number of hydrogen-bond donors (Lipinski definition) is 1. The molecule has 2 aromatic rings. The molecule has 0 atom stereocenters. The molecule has 2 rings (SSSR count). The summed E-state index contributed by atoms with van der Waals surface area (Å²) in [6.45, 7) is 1.51. The molecule has 0 aliphatic heterocycles. The van der Waals surface area contributed by atoms with E-state index in [0.717, 1.165) is 24.2 Å². The van der Waals surface area contributed by atoms with Crippen LogP contribution >= 0.6 is 0 Å². The maximum atomic E-state index is 5.18. The summed E-state index contributed by atoms with van der Waals surface area (Å²) in [5, 5.41) is 7.45. The molecule has 5 nitrogen and oxygen atoms in total. The fourth-order valence-corrected chi connectivity index (χ4v) is 1.65. The molecule has 0 aromatic carbocycles. The summed E-state index contributed by atoms with van der Waals surface area (Å²) < 4.78 is 6.98. The van der Waals surface area contributed by atoms with Gasteiger partial charge in [-0.05, 0) is 6.07 Å². The third-order valence-corrected chi connectivity index (χ3v) is 2.45. The molecule has 0 saturated heterocycles. The summed E-state index contributed by atoms with van der Waals surface area (Å²) in [6.07, 6.45) is 5.57. The zero-order chi connectivity index (χ0) is 12.1. The zero-order valence-electron chi connectivity index (χ0n) is 10.1. The third kappa shape index (κ3) is 3.04. The average molecular weight is 232 g/mol. The number of rotatable bonds is 5. The Morgan fingerprint density at radius 1 is 1.41 bits per heavy atom. The minimum Gasteiger partial charge on any atom is -0.481 e. The summed E-state index contributed by atoms with van der Waals surface area (Å²) in [6, 6.07) is 3.91. The van der Waals surface area contributed by atoms with Gasteiger partial charge in [0.25, 0.3) is 0 Å². The first-order valence-corrected chi connectivity index (χ1v) is 5.45. The first kappa shape index (κ1) is 11.6. The molecule has 0 unspecified atom stereocenters. The molecule has 0 bridgehead atoms. The van der Waals surface area contributed by atoms with E-state index in [0.29, 0.717) is 5.88 Å². The van der Waals surface area contributed by atoms with Crippen LogP contribution in [0.5, 0.6) is 5.88 Å². The van der Waals surface area contributed by atoms with Crippen LogP contribution in [0.3, 0.4) is 0 Å². The van der Waals surface area contributed by atoms with Gasteiger partial charge in [-0.1, -0.05) is 6.07 Å². The number of ether oxygens (including phenoxy) is 1. The van der Waals surface area contributed by atoms with E-state index in [2.05, 4.69) is 15.4 Å². The minimum atomic E-state index is 0.672. The van der Waals surface area contributed by atoms with E-state index in [1.54, 1.807) is 18.0 Å². The smallest absolute Gasteiger partial charge is 0.217 e. The number of methoxy groups -OCH3 is 1. The predicted molar refractivity (Wildman–Crippen MR) is 64.5 cm³/mol. The average Bonchev–Trinajstić information content (AvgIpc) is 2.76. The highest BCUT2D eigenvalue weighted by atomic mass is 16.5. The molecular formula is C12H16N4O. The monoisotopic (exact) mass is 232 g/mol. The number of pyridine rings is 1. The van der Waals surface area contributed by atoms with E-state index in [1.165, 1.54) is 0 Å². The number of hydrogen-bond acceptors (Lipinski definition) is 4. The molecule has 5 heteroatoms. The Labute approximate surface area is 100 Å². The second kappa shape index (κ2) is 5.45. The highest BCUT2D eigenvalue weighted by Crippen LogP contribution is 2.12. The number of aryl methyl sites for hydroxylation is 1. The summed E-state index contributed by atoms with van der Waals surface area (Å²) in [5.41, 5.74) is 2.22. The van der Waals surface area contributed by atoms with Crippen LogP contribution in [0.25, 0.3) is 0 Å². The Hall–Kier alpha value is -1.88. The van der Waals surface area contributed by atoms with Crippen LogP contribution in [0.4, 0.5) is 0 Å². The van der Waals surface area contributed by atoms with Crippen molar-refractivity contribution in [3.05, 3.63) is 41.9 Å². The second-order valence-electron chi connectivity index (χ2n) is 3.80. The van der Waals surface area contributed by atoms with Crippen molar-refractivity contribution in [1.82, 2.24) is 20.1 Å². The fraction of sp³-hybridized carbons (Fsp3) is 0.333. The Morgan fingerprint density at radius 3 is 3.00 bits per heavy atom. The van der Waals surface area contributed by atoms with Gasteiger partial charge in [-0.3, -0.25) is 4.68 Å². The molecule has 0 radical (unpaired) electrons. The molecule has 17 heavy (non-hydrogen) atoms. The molecule has 0 spiro atoms. The van der Waals surface area contributed by atoms with Crippen molar-refractivity contribution >= 4 is 0 Å². The lowest BCUT2D eigenvalue weighted by Gasteiger charge is -2.07. The van der Waals surface area contributed by atoms with Crippen molar-refractivity contribution in [3.8, 4) is 5.88 Å². The van der Waals surface area contributed by atoms with Crippen molar-refractivity contribution in [2.24, 2.45) is 7.05 Å². The molecule has 1 N–H and O–H groups in total. The molecule has 0 amide bonds. The highest BCUT2D eigenvalue weighted by molar-refractivity contribution is 5.25. The van der Waals surface area contributed by atoms with Gasteiger partial charge in [0.1, 0.15) is 0 Å². The van der Waals surface area contributed by atoms with Crippen molar-refractivity contribution in [2.75, 3.05) is 7.11 Å². The summed E-state index contributed by atoms with van der Waals surface area (Å²) in [5.74, 6) is 0.672. The van der Waals surface area contributed by atoms with E-state index in [4.69, 9.17) is 4.74 Å². The molecule has 2 aromatic heterocycles. The summed E-state index contributed by atoms with van der Waals surface area (Å²) in [7, 11) is 3.54. The van der Waals surface area contributed by atoms with E-state index in [9.17, 15) is 0 Å². The second-order valence-corrected chi connectivity index (χ2v) is 3.80. The van der Waals surface area contributed by atoms with E-state index >= 15 is 0 Å². The molecule has 2 heterocycles. The molecular weight excluding hydrogens is 216 g/mol. The standard InChI is InChI=1S/C12H16N4O/c1-16-9-10(7-15-16)6-13-8-11-4-3-5-14-12(11)17-2/h3-5,7,9,13H,6,8H2,1-2H3. The van der Waals surface area contributed by atoms with Gasteiger partial charge >= 0.3 is 0 Å². The van der Waals surface area contributed by atoms with E-state index < -0.39 is 0 Å². The highest BCUT2D eigenvalue weighted by Gasteiger charge is 2.02. The van der Waals surface area contributed by atoms with Gasteiger partial charge in [-0.25, -0.2) is 4.98 Å². The largest absolute Gasteiger partial charge is 0.481 e. The van der Waals surface area contributed by atoms with Crippen LogP contribution in [0.2, 0.25) is 0 Å². The van der Waals surface area contributed by atoms with Gasteiger partial charge < -0.3 is 10.1 Å². The molecule has 0 saturated carbocycles. The van der Waals surface area contributed by atoms with Crippen molar-refractivity contribution < 1.29 is 4.74 Å². The molecule has 0 aliphatic rings. The molecule has 0 fully saturated rings. The summed E-state index contributed by atoms with van der Waals surface area (Å²) in [4.78, 5) is 4.15. The van der Waals surface area contributed by atoms with Crippen LogP contribution < -0.4 is 10.1 Å². The van der Waals surface area contributed by atoms with E-state index in [1.807, 2.05) is 31.6 Å². The quantitative estimate of drug-likeness (QED) is 0.839. The lowest BCUT2D eigenvalue weighted by molar-refractivity contribution is 0.390. The van der Waals surface area contributed by atoms with Crippen molar-refractivity contribution in [3.63, 3.8) is 0 Å². The van der Waals surface area contributed by atoms with Gasteiger partial charge in [-0.15, -0.1) is 0 Å². The SMILES string of the molecule is COc1ncccc1CNCc1cnn(C)c1. The zero-order valence-corrected chi connectivity index (χ0v) is 10.1. The fourth-order valence-electron chi connectivity index (χ4n) is 1.65. The lowest BCUT2D eigenvalue weighted by atomic mass is 10.2. The maximum absolute atomic E-state index is 5.18. The van der Waals surface area contributed by atoms with Gasteiger partial charge in [-0.2, -0.15) is 5.10 Å². The van der Waals surface area contributed by atoms with E-state index in [-0.39, 0.29) is 0 Å². The van der Waals surface area contributed by atoms with Gasteiger partial charge in [0, 0.05) is 43.7 Å². The Kier molecular flexibility index (Phi) is 3.72. The molecule has 90 valence electrons. The van der Waals surface area contributed by atoms with Crippen molar-refractivity contribution in [2.45, 2.75) is 13.1 Å². The predicted octanol–water partition coefficient (Wildman–Crippen LogP) is 1.11. The number of nitrogens with one attached hydrogen (secondary N) is 1. The third-order valence-electron chi connectivity index (χ3n) is 2.45. The Balaban J connectivity index is 1.89. The normalized spacial score (nSPS) is 10.5. The van der Waals surface area contributed by atoms with Crippen molar-refractivity contribution in [1.29, 1.82) is 0 Å². The van der Waals surface area contributed by atoms with Gasteiger partial charge in [0.15, 0.2) is 0 Å². The molecule has 0 aliphatic carbocycles. The minimum absolute atomic E-state index is 0.672. The Bertz CT molecular complexity index is 481. The topological polar surface area (TPSA) is 52.0 Å². The van der Waals surface area contributed by atoms with Crippen LogP contribution in [0, 0.1) is 0 Å². The number of aromatic nitrogens is 3. The van der Waals surface area contributed by atoms with Crippen LogP contribution in [0.1, 0.15) is 11.1 Å². The van der Waals surface area contributed by atoms with Crippen LogP contribution in [-0.2, 0) is 20.1 Å². The van der Waals surface area contributed by atoms with Crippen LogP contribution in [0.15, 0.2) is 30.7 Å². The lowest BCUT2D eigenvalue weighted by Crippen LogP contribution is -2.13. The first-order chi connectivity index (χ1) is 8.29. The summed E-state index contributed by atoms with van der Waals surface area (Å²) >= 11 is 0. The number of nitrogens with zero attached hydrogens (tertiary/aromatic N) is 3. The first-order valence-electron chi connectivity index (χ1n) is 5.45.